The zero-order valence-corrected chi connectivity index (χ0v) is 18.5. The maximum absolute atomic E-state index is 12.7. The standard InChI is InChI=1S/C22H27N3O5S/c1-3-29-22(28)18-14(2)19(20(23)27)31-21(18)24-17(26)13-25-9-10-30-16(12-25)11-15-7-5-4-6-8-15/h4-8,16H,3,9-13H2,1-2H3,(H2,23,27)(H,24,26). The summed E-state index contributed by atoms with van der Waals surface area (Å²) in [5, 5.41) is 3.05. The number of esters is 1. The molecule has 0 bridgehead atoms. The van der Waals surface area contributed by atoms with E-state index < -0.39 is 11.9 Å². The number of thiophene rings is 1. The molecule has 3 N–H and O–H groups in total. The van der Waals surface area contributed by atoms with Crippen LogP contribution >= 0.6 is 11.3 Å². The summed E-state index contributed by atoms with van der Waals surface area (Å²) in [6, 6.07) is 10.1. The number of morpholine rings is 1. The first-order valence-electron chi connectivity index (χ1n) is 10.2. The Kier molecular flexibility index (Phi) is 7.78. The van der Waals surface area contributed by atoms with Crippen LogP contribution in [0.5, 0.6) is 0 Å². The average Bonchev–Trinajstić information content (AvgIpc) is 3.05. The molecular weight excluding hydrogens is 418 g/mol. The Morgan fingerprint density at radius 3 is 2.71 bits per heavy atom. The van der Waals surface area contributed by atoms with Gasteiger partial charge in [0.2, 0.25) is 5.91 Å². The van der Waals surface area contributed by atoms with Crippen LogP contribution in [0.15, 0.2) is 30.3 Å². The molecule has 2 heterocycles. The number of nitrogens with zero attached hydrogens (tertiary/aromatic N) is 1. The number of primary amides is 1. The number of rotatable bonds is 8. The molecule has 0 radical (unpaired) electrons. The molecule has 1 aliphatic rings. The number of hydrogen-bond acceptors (Lipinski definition) is 7. The van der Waals surface area contributed by atoms with Crippen LogP contribution in [-0.4, -0.2) is 61.6 Å². The van der Waals surface area contributed by atoms with E-state index in [1.54, 1.807) is 13.8 Å². The summed E-state index contributed by atoms with van der Waals surface area (Å²) >= 11 is 0.991. The summed E-state index contributed by atoms with van der Waals surface area (Å²) in [4.78, 5) is 39.0. The minimum atomic E-state index is -0.648. The van der Waals surface area contributed by atoms with E-state index in [1.165, 1.54) is 5.56 Å². The molecule has 3 rings (SSSR count). The third-order valence-electron chi connectivity index (χ3n) is 5.00. The average molecular weight is 446 g/mol. The van der Waals surface area contributed by atoms with Gasteiger partial charge < -0.3 is 20.5 Å². The molecule has 2 amide bonds. The fourth-order valence-electron chi connectivity index (χ4n) is 3.58. The number of amides is 2. The topological polar surface area (TPSA) is 111 Å². The van der Waals surface area contributed by atoms with Crippen LogP contribution < -0.4 is 11.1 Å². The summed E-state index contributed by atoms with van der Waals surface area (Å²) in [5.74, 6) is -1.51. The van der Waals surface area contributed by atoms with Crippen molar-refractivity contribution in [2.75, 3.05) is 38.2 Å². The lowest BCUT2D eigenvalue weighted by atomic mass is 10.1. The van der Waals surface area contributed by atoms with Crippen LogP contribution in [0.1, 0.15) is 38.1 Å². The number of hydrogen-bond donors (Lipinski definition) is 2. The highest BCUT2D eigenvalue weighted by molar-refractivity contribution is 7.18. The maximum atomic E-state index is 12.7. The van der Waals surface area contributed by atoms with E-state index in [9.17, 15) is 14.4 Å². The van der Waals surface area contributed by atoms with Crippen molar-refractivity contribution in [2.45, 2.75) is 26.4 Å². The van der Waals surface area contributed by atoms with Crippen molar-refractivity contribution >= 4 is 34.1 Å². The van der Waals surface area contributed by atoms with Crippen molar-refractivity contribution in [3.05, 3.63) is 51.9 Å². The Hall–Kier alpha value is -2.75. The van der Waals surface area contributed by atoms with Gasteiger partial charge in [0.25, 0.3) is 5.91 Å². The summed E-state index contributed by atoms with van der Waals surface area (Å²) in [6.45, 7) is 5.46. The zero-order valence-electron chi connectivity index (χ0n) is 17.7. The van der Waals surface area contributed by atoms with Gasteiger partial charge >= 0.3 is 5.97 Å². The lowest BCUT2D eigenvalue weighted by molar-refractivity contribution is -0.119. The predicted octanol–water partition coefficient (Wildman–Crippen LogP) is 2.21. The van der Waals surface area contributed by atoms with E-state index in [0.29, 0.717) is 25.3 Å². The van der Waals surface area contributed by atoms with E-state index >= 15 is 0 Å². The Balaban J connectivity index is 1.65. The molecule has 0 saturated carbocycles. The number of nitrogens with one attached hydrogen (secondary N) is 1. The molecule has 1 atom stereocenters. The molecule has 1 aromatic heterocycles. The number of anilines is 1. The molecule has 1 aliphatic heterocycles. The Morgan fingerprint density at radius 1 is 1.29 bits per heavy atom. The summed E-state index contributed by atoms with van der Waals surface area (Å²) in [7, 11) is 0. The SMILES string of the molecule is CCOC(=O)c1c(NC(=O)CN2CCOC(Cc3ccccc3)C2)sc(C(N)=O)c1C. The largest absolute Gasteiger partial charge is 0.462 e. The summed E-state index contributed by atoms with van der Waals surface area (Å²) < 4.78 is 10.9. The van der Waals surface area contributed by atoms with Crippen LogP contribution in [0.25, 0.3) is 0 Å². The van der Waals surface area contributed by atoms with Gasteiger partial charge in [-0.15, -0.1) is 11.3 Å². The van der Waals surface area contributed by atoms with Crippen LogP contribution in [-0.2, 0) is 20.7 Å². The molecule has 31 heavy (non-hydrogen) atoms. The van der Waals surface area contributed by atoms with Gasteiger partial charge in [0.1, 0.15) is 5.00 Å². The predicted molar refractivity (Wildman–Crippen MR) is 118 cm³/mol. The Labute approximate surface area is 185 Å². The fraction of sp³-hybridized carbons (Fsp3) is 0.409. The Bertz CT molecular complexity index is 944. The van der Waals surface area contributed by atoms with Crippen LogP contribution in [0.3, 0.4) is 0 Å². The molecule has 166 valence electrons. The lowest BCUT2D eigenvalue weighted by Gasteiger charge is -2.32. The zero-order chi connectivity index (χ0) is 22.4. The van der Waals surface area contributed by atoms with Gasteiger partial charge in [-0.25, -0.2) is 4.79 Å². The van der Waals surface area contributed by atoms with Gasteiger partial charge in [-0.3, -0.25) is 14.5 Å². The minimum Gasteiger partial charge on any atom is -0.462 e. The fourth-order valence-corrected chi connectivity index (χ4v) is 4.64. The molecule has 1 aromatic carbocycles. The van der Waals surface area contributed by atoms with Crippen LogP contribution in [0, 0.1) is 6.92 Å². The number of carbonyl (C=O) groups excluding carboxylic acids is 3. The van der Waals surface area contributed by atoms with Crippen LogP contribution in [0.4, 0.5) is 5.00 Å². The van der Waals surface area contributed by atoms with E-state index in [1.807, 2.05) is 23.1 Å². The number of nitrogens with two attached hydrogens (primary N) is 1. The summed E-state index contributed by atoms with van der Waals surface area (Å²) in [5.41, 5.74) is 7.20. The normalized spacial score (nSPS) is 16.6. The van der Waals surface area contributed by atoms with Gasteiger partial charge in [0.15, 0.2) is 0 Å². The van der Waals surface area contributed by atoms with Gasteiger partial charge in [-0.05, 0) is 31.4 Å². The third kappa shape index (κ3) is 5.90. The van der Waals surface area contributed by atoms with Crippen molar-refractivity contribution in [1.82, 2.24) is 4.90 Å². The van der Waals surface area contributed by atoms with E-state index in [0.717, 1.165) is 17.8 Å². The smallest absolute Gasteiger partial charge is 0.341 e. The summed E-state index contributed by atoms with van der Waals surface area (Å²) in [6.07, 6.45) is 0.780. The third-order valence-corrected chi connectivity index (χ3v) is 6.22. The number of carbonyl (C=O) groups is 3. The molecular formula is C22H27N3O5S. The molecule has 1 unspecified atom stereocenters. The Morgan fingerprint density at radius 2 is 2.03 bits per heavy atom. The van der Waals surface area contributed by atoms with E-state index in [-0.39, 0.29) is 40.6 Å². The molecule has 2 aromatic rings. The quantitative estimate of drug-likeness (QED) is 0.603. The number of benzene rings is 1. The number of ether oxygens (including phenoxy) is 2. The van der Waals surface area contributed by atoms with Crippen LogP contribution in [0.2, 0.25) is 0 Å². The monoisotopic (exact) mass is 445 g/mol. The second-order valence-electron chi connectivity index (χ2n) is 7.31. The van der Waals surface area contributed by atoms with Crippen molar-refractivity contribution in [1.29, 1.82) is 0 Å². The van der Waals surface area contributed by atoms with Crippen molar-refractivity contribution < 1.29 is 23.9 Å². The highest BCUT2D eigenvalue weighted by atomic mass is 32.1. The van der Waals surface area contributed by atoms with Crippen molar-refractivity contribution in [2.24, 2.45) is 5.73 Å². The van der Waals surface area contributed by atoms with E-state index in [2.05, 4.69) is 17.4 Å². The maximum Gasteiger partial charge on any atom is 0.341 e. The second-order valence-corrected chi connectivity index (χ2v) is 8.33. The first-order chi connectivity index (χ1) is 14.9. The molecule has 0 aliphatic carbocycles. The minimum absolute atomic E-state index is 0.00416. The highest BCUT2D eigenvalue weighted by Gasteiger charge is 2.27. The van der Waals surface area contributed by atoms with Gasteiger partial charge in [-0.1, -0.05) is 30.3 Å². The molecule has 9 heteroatoms. The van der Waals surface area contributed by atoms with Gasteiger partial charge in [0, 0.05) is 13.1 Å². The lowest BCUT2D eigenvalue weighted by Crippen LogP contribution is -2.46. The highest BCUT2D eigenvalue weighted by Crippen LogP contribution is 2.33. The van der Waals surface area contributed by atoms with Gasteiger partial charge in [0.05, 0.1) is 36.3 Å². The van der Waals surface area contributed by atoms with E-state index in [4.69, 9.17) is 15.2 Å². The second kappa shape index (κ2) is 10.5. The molecule has 8 nitrogen and oxygen atoms in total. The van der Waals surface area contributed by atoms with Crippen molar-refractivity contribution in [3.63, 3.8) is 0 Å². The molecule has 0 spiro atoms. The first kappa shape index (κ1) is 22.9. The van der Waals surface area contributed by atoms with Crippen molar-refractivity contribution in [3.8, 4) is 0 Å². The molecule has 1 fully saturated rings. The van der Waals surface area contributed by atoms with Gasteiger partial charge in [-0.2, -0.15) is 0 Å². The first-order valence-corrected chi connectivity index (χ1v) is 11.0. The molecule has 1 saturated heterocycles.